The van der Waals surface area contributed by atoms with Crippen LogP contribution in [0.25, 0.3) is 0 Å². The summed E-state index contributed by atoms with van der Waals surface area (Å²) in [5, 5.41) is 0. The first-order chi connectivity index (χ1) is 8.26. The van der Waals surface area contributed by atoms with E-state index in [0.29, 0.717) is 0 Å². The Morgan fingerprint density at radius 1 is 0.941 bits per heavy atom. The lowest BCUT2D eigenvalue weighted by Gasteiger charge is -2.01. The number of hydrogen-bond donors (Lipinski definition) is 0. The van der Waals surface area contributed by atoms with Gasteiger partial charge in [-0.25, -0.2) is 0 Å². The average Bonchev–Trinajstić information content (AvgIpc) is 2.45. The van der Waals surface area contributed by atoms with Gasteiger partial charge in [0.25, 0.3) is 0 Å². The van der Waals surface area contributed by atoms with E-state index in [9.17, 15) is 0 Å². The number of nitrogens with zero attached hydrogens (tertiary/aromatic N) is 1. The van der Waals surface area contributed by atoms with Gasteiger partial charge >= 0.3 is 0 Å². The fourth-order valence-electron chi connectivity index (χ4n) is 0.873. The minimum absolute atomic E-state index is 1.05. The Hall–Kier alpha value is -0.850. The van der Waals surface area contributed by atoms with Gasteiger partial charge in [-0.15, -0.1) is 0 Å². The molecule has 0 spiro atoms. The summed E-state index contributed by atoms with van der Waals surface area (Å²) >= 11 is 0. The Balaban J connectivity index is -0.000000121. The highest BCUT2D eigenvalue weighted by molar-refractivity contribution is 5.79. The molecule has 0 atom stereocenters. The second kappa shape index (κ2) is 29.4. The van der Waals surface area contributed by atoms with Gasteiger partial charge in [-0.1, -0.05) is 67.5 Å². The molecule has 0 amide bonds. The van der Waals surface area contributed by atoms with Gasteiger partial charge in [0.05, 0.1) is 0 Å². The average molecular weight is 241 g/mol. The zero-order valence-electron chi connectivity index (χ0n) is 13.7. The minimum atomic E-state index is 1.05. The normalized spacial score (nSPS) is 9.71. The van der Waals surface area contributed by atoms with Crippen LogP contribution in [0.5, 0.6) is 0 Å². The van der Waals surface area contributed by atoms with Gasteiger partial charge < -0.3 is 0 Å². The molecule has 0 radical (unpaired) electrons. The Kier molecular flexibility index (Phi) is 43.5. The second-order valence-corrected chi connectivity index (χ2v) is 2.47. The Morgan fingerprint density at radius 2 is 1.35 bits per heavy atom. The van der Waals surface area contributed by atoms with E-state index in [1.54, 1.807) is 6.20 Å². The molecule has 17 heavy (non-hydrogen) atoms. The maximum Gasteiger partial charge on any atom is 0.0298 e. The van der Waals surface area contributed by atoms with Crippen molar-refractivity contribution < 1.29 is 0 Å². The van der Waals surface area contributed by atoms with Crippen molar-refractivity contribution >= 4 is 6.21 Å². The zero-order valence-corrected chi connectivity index (χ0v) is 13.7. The molecule has 0 saturated heterocycles. The lowest BCUT2D eigenvalue weighted by atomic mass is 10.1. The molecule has 0 aliphatic heterocycles. The summed E-state index contributed by atoms with van der Waals surface area (Å²) in [5.74, 6) is 0. The van der Waals surface area contributed by atoms with E-state index in [1.807, 2.05) is 47.8 Å². The van der Waals surface area contributed by atoms with Crippen molar-refractivity contribution in [2.24, 2.45) is 4.99 Å². The molecule has 1 nitrogen and oxygen atoms in total. The predicted octanol–water partition coefficient (Wildman–Crippen LogP) is 6.42. The first kappa shape index (κ1) is 25.1. The van der Waals surface area contributed by atoms with Crippen LogP contribution in [0, 0.1) is 0 Å². The summed E-state index contributed by atoms with van der Waals surface area (Å²) in [4.78, 5) is 3.99. The summed E-state index contributed by atoms with van der Waals surface area (Å²) in [7, 11) is 0. The number of allylic oxidation sites excluding steroid dienone is 2. The first-order valence-electron chi connectivity index (χ1n) is 7.08. The molecule has 0 aliphatic rings. The monoisotopic (exact) mass is 241 g/mol. The summed E-state index contributed by atoms with van der Waals surface area (Å²) < 4.78 is 0. The molecule has 0 aromatic carbocycles. The fourth-order valence-corrected chi connectivity index (χ4v) is 0.873. The van der Waals surface area contributed by atoms with Crippen LogP contribution >= 0.6 is 0 Å². The Bertz CT molecular complexity index is 176. The maximum absolute atomic E-state index is 3.99. The van der Waals surface area contributed by atoms with E-state index in [2.05, 4.69) is 32.3 Å². The molecular weight excluding hydrogens is 206 g/mol. The quantitative estimate of drug-likeness (QED) is 0.504. The predicted molar refractivity (Wildman–Crippen MR) is 86.0 cm³/mol. The Morgan fingerprint density at radius 3 is 1.59 bits per heavy atom. The van der Waals surface area contributed by atoms with Gasteiger partial charge in [0.15, 0.2) is 0 Å². The van der Waals surface area contributed by atoms with E-state index >= 15 is 0 Å². The van der Waals surface area contributed by atoms with Crippen molar-refractivity contribution in [3.8, 4) is 0 Å². The minimum Gasteiger partial charge on any atom is -0.265 e. The summed E-state index contributed by atoms with van der Waals surface area (Å²) in [5.41, 5.74) is 2.74. The lowest BCUT2D eigenvalue weighted by Crippen LogP contribution is -1.87. The number of rotatable bonds is 4. The van der Waals surface area contributed by atoms with Gasteiger partial charge in [-0.3, -0.25) is 4.99 Å². The molecule has 0 N–H and O–H groups in total. The molecule has 1 heteroatoms. The van der Waals surface area contributed by atoms with Gasteiger partial charge in [-0.05, 0) is 25.3 Å². The summed E-state index contributed by atoms with van der Waals surface area (Å²) in [6.07, 6.45) is 5.62. The topological polar surface area (TPSA) is 12.4 Å². The van der Waals surface area contributed by atoms with Crippen molar-refractivity contribution in [3.05, 3.63) is 23.9 Å². The van der Waals surface area contributed by atoms with Crippen LogP contribution < -0.4 is 0 Å². The van der Waals surface area contributed by atoms with Gasteiger partial charge in [0.1, 0.15) is 0 Å². The fraction of sp³-hybridized carbons (Fsp3) is 0.688. The SMILES string of the molecule is C=CN=C/C(CC)=C(\C)CC.CC.CC.CC. The Labute approximate surface area is 111 Å². The number of aliphatic imine (C=N–C) groups is 1. The van der Waals surface area contributed by atoms with Crippen LogP contribution in [-0.2, 0) is 0 Å². The van der Waals surface area contributed by atoms with Crippen LogP contribution in [0.3, 0.4) is 0 Å². The van der Waals surface area contributed by atoms with Gasteiger partial charge in [0, 0.05) is 12.4 Å². The third kappa shape index (κ3) is 21.1. The van der Waals surface area contributed by atoms with Crippen LogP contribution in [0.15, 0.2) is 28.9 Å². The molecule has 104 valence electrons. The number of hydrogen-bond acceptors (Lipinski definition) is 1. The first-order valence-corrected chi connectivity index (χ1v) is 7.08. The van der Waals surface area contributed by atoms with E-state index < -0.39 is 0 Å². The maximum atomic E-state index is 3.99. The lowest BCUT2D eigenvalue weighted by molar-refractivity contribution is 1.03. The van der Waals surface area contributed by atoms with Crippen molar-refractivity contribution in [3.63, 3.8) is 0 Å². The van der Waals surface area contributed by atoms with E-state index in [-0.39, 0.29) is 0 Å². The molecule has 0 fully saturated rings. The largest absolute Gasteiger partial charge is 0.265 e. The zero-order chi connectivity index (χ0) is 14.7. The van der Waals surface area contributed by atoms with Crippen molar-refractivity contribution in [2.45, 2.75) is 75.2 Å². The van der Waals surface area contributed by atoms with Gasteiger partial charge in [-0.2, -0.15) is 0 Å². The van der Waals surface area contributed by atoms with Crippen LogP contribution in [-0.4, -0.2) is 6.21 Å². The highest BCUT2D eigenvalue weighted by Gasteiger charge is 1.93. The van der Waals surface area contributed by atoms with Gasteiger partial charge in [0.2, 0.25) is 0 Å². The molecular formula is C16H35N. The van der Waals surface area contributed by atoms with Crippen LogP contribution in [0.2, 0.25) is 0 Å². The molecule has 0 aromatic rings. The molecule has 0 saturated carbocycles. The highest BCUT2D eigenvalue weighted by Crippen LogP contribution is 2.08. The van der Waals surface area contributed by atoms with E-state index in [4.69, 9.17) is 0 Å². The summed E-state index contributed by atoms with van der Waals surface area (Å²) in [6, 6.07) is 0. The molecule has 0 unspecified atom stereocenters. The molecule has 0 aliphatic carbocycles. The highest BCUT2D eigenvalue weighted by atomic mass is 14.7. The third-order valence-electron chi connectivity index (χ3n) is 1.80. The molecule has 0 rings (SSSR count). The molecule has 0 bridgehead atoms. The molecule has 0 aromatic heterocycles. The van der Waals surface area contributed by atoms with Crippen molar-refractivity contribution in [1.29, 1.82) is 0 Å². The molecule has 0 heterocycles. The van der Waals surface area contributed by atoms with Crippen molar-refractivity contribution in [1.82, 2.24) is 0 Å². The summed E-state index contributed by atoms with van der Waals surface area (Å²) in [6.45, 7) is 22.0. The second-order valence-electron chi connectivity index (χ2n) is 2.47. The third-order valence-corrected chi connectivity index (χ3v) is 1.80. The van der Waals surface area contributed by atoms with Crippen LogP contribution in [0.4, 0.5) is 0 Å². The van der Waals surface area contributed by atoms with E-state index in [0.717, 1.165) is 12.8 Å². The van der Waals surface area contributed by atoms with Crippen LogP contribution in [0.1, 0.15) is 75.2 Å². The smallest absolute Gasteiger partial charge is 0.0298 e. The standard InChI is InChI=1S/C10H17N.3C2H6/c1-5-9(4)10(6-2)8-11-7-3;3*1-2/h7-8H,3,5-6H2,1-2,4H3;3*1-2H3/b10-9+,11-8?;;;. The van der Waals surface area contributed by atoms with Crippen molar-refractivity contribution in [2.75, 3.05) is 0 Å². The van der Waals surface area contributed by atoms with E-state index in [1.165, 1.54) is 11.1 Å².